The minimum atomic E-state index is -3.88. The van der Waals surface area contributed by atoms with Crippen LogP contribution in [-0.2, 0) is 27.8 Å². The zero-order valence-corrected chi connectivity index (χ0v) is 31.9. The van der Waals surface area contributed by atoms with Crippen molar-refractivity contribution in [3.8, 4) is 5.75 Å². The normalized spacial score (nSPS) is 34.5. The Balaban J connectivity index is 1.23. The van der Waals surface area contributed by atoms with Crippen LogP contribution in [0.2, 0.25) is 5.02 Å². The molecule has 2 aromatic carbocycles. The van der Waals surface area contributed by atoms with Crippen LogP contribution in [0.4, 0.5) is 5.69 Å². The lowest BCUT2D eigenvalue weighted by Crippen LogP contribution is -2.50. The van der Waals surface area contributed by atoms with Crippen LogP contribution < -0.4 is 14.4 Å². The van der Waals surface area contributed by atoms with Crippen molar-refractivity contribution in [2.75, 3.05) is 38.2 Å². The number of anilines is 1. The Labute approximate surface area is 304 Å². The van der Waals surface area contributed by atoms with E-state index >= 15 is 0 Å². The highest BCUT2D eigenvalue weighted by molar-refractivity contribution is 7.90. The summed E-state index contributed by atoms with van der Waals surface area (Å²) in [6.07, 6.45) is 10.5. The van der Waals surface area contributed by atoms with Gasteiger partial charge in [-0.1, -0.05) is 37.9 Å². The van der Waals surface area contributed by atoms with Gasteiger partial charge in [0.15, 0.2) is 0 Å². The topological polar surface area (TPSA) is 88.2 Å². The van der Waals surface area contributed by atoms with Crippen molar-refractivity contribution in [2.45, 2.75) is 108 Å². The monoisotopic (exact) mass is 725 g/mol. The Morgan fingerprint density at radius 2 is 1.88 bits per heavy atom. The van der Waals surface area contributed by atoms with E-state index in [1.54, 1.807) is 13.0 Å². The third-order valence-electron chi connectivity index (χ3n) is 13.3. The lowest BCUT2D eigenvalue weighted by molar-refractivity contribution is -0.108. The maximum Gasteiger partial charge on any atom is 0.264 e. The molecule has 3 fully saturated rings. The van der Waals surface area contributed by atoms with Crippen molar-refractivity contribution in [3.63, 3.8) is 0 Å². The molecular weight excluding hydrogens is 670 g/mol. The molecule has 1 amide bonds. The van der Waals surface area contributed by atoms with Gasteiger partial charge in [-0.05, 0) is 149 Å². The molecule has 10 heteroatoms. The van der Waals surface area contributed by atoms with Crippen molar-refractivity contribution in [1.29, 1.82) is 0 Å². The molecule has 7 rings (SSSR count). The fourth-order valence-electron chi connectivity index (χ4n) is 9.58. The second-order valence-electron chi connectivity index (χ2n) is 16.1. The highest BCUT2D eigenvalue weighted by atomic mass is 35.5. The van der Waals surface area contributed by atoms with Crippen LogP contribution in [-0.4, -0.2) is 69.4 Å². The molecule has 3 unspecified atom stereocenters. The number of hydrogen-bond donors (Lipinski definition) is 1. The van der Waals surface area contributed by atoms with Gasteiger partial charge in [0, 0.05) is 29.7 Å². The SMILES string of the molecule is CCN(C)[C@@H]1COC2([C@@H]3CCCC(C)[C@@H](C)S(=O)(=O)NC(=O)c4ccc5c(c4)N(CCCCc4cc(Cl)ccc4CO5)C[C@@H]4CC[C@H]43)CC2C1. The lowest BCUT2D eigenvalue weighted by Gasteiger charge is -2.49. The maximum atomic E-state index is 13.6. The number of nitrogens with zero attached hydrogens (tertiary/aromatic N) is 2. The summed E-state index contributed by atoms with van der Waals surface area (Å²) in [6.45, 7) is 9.91. The first kappa shape index (κ1) is 36.0. The summed E-state index contributed by atoms with van der Waals surface area (Å²) in [5.74, 6) is 2.19. The van der Waals surface area contributed by atoms with E-state index < -0.39 is 21.2 Å². The molecule has 274 valence electrons. The molecule has 1 N–H and O–H groups in total. The Bertz CT molecular complexity index is 1670. The van der Waals surface area contributed by atoms with Crippen LogP contribution >= 0.6 is 11.6 Å². The summed E-state index contributed by atoms with van der Waals surface area (Å²) in [7, 11) is -1.67. The van der Waals surface area contributed by atoms with Crippen molar-refractivity contribution >= 4 is 33.2 Å². The van der Waals surface area contributed by atoms with Gasteiger partial charge in [0.25, 0.3) is 5.91 Å². The number of fused-ring (bicyclic) bond motifs is 4. The van der Waals surface area contributed by atoms with Gasteiger partial charge in [-0.3, -0.25) is 4.79 Å². The second kappa shape index (κ2) is 14.6. The first-order valence-corrected chi connectivity index (χ1v) is 21.1. The van der Waals surface area contributed by atoms with Gasteiger partial charge < -0.3 is 19.3 Å². The molecule has 3 heterocycles. The molecule has 0 spiro atoms. The fraction of sp³-hybridized carbons (Fsp3) is 0.675. The largest absolute Gasteiger partial charge is 0.487 e. The molecule has 0 radical (unpaired) electrons. The minimum Gasteiger partial charge on any atom is -0.487 e. The van der Waals surface area contributed by atoms with E-state index in [1.165, 1.54) is 24.8 Å². The summed E-state index contributed by atoms with van der Waals surface area (Å²) >= 11 is 6.40. The molecule has 3 aliphatic heterocycles. The fourth-order valence-corrected chi connectivity index (χ4v) is 11.1. The molecule has 5 aliphatic rings. The zero-order chi connectivity index (χ0) is 35.2. The van der Waals surface area contributed by atoms with E-state index in [4.69, 9.17) is 21.1 Å². The van der Waals surface area contributed by atoms with Gasteiger partial charge in [0.05, 0.1) is 23.1 Å². The number of sulfonamides is 1. The molecule has 8 nitrogen and oxygen atoms in total. The summed E-state index contributed by atoms with van der Waals surface area (Å²) in [4.78, 5) is 18.5. The summed E-state index contributed by atoms with van der Waals surface area (Å²) in [5, 5.41) is 0.0443. The smallest absolute Gasteiger partial charge is 0.264 e. The Kier molecular flexibility index (Phi) is 10.5. The number of carbonyl (C=O) groups is 1. The summed E-state index contributed by atoms with van der Waals surface area (Å²) < 4.78 is 43.1. The number of hydrogen-bond acceptors (Lipinski definition) is 7. The van der Waals surface area contributed by atoms with Crippen LogP contribution in [0.25, 0.3) is 0 Å². The highest BCUT2D eigenvalue weighted by Gasteiger charge is 2.65. The van der Waals surface area contributed by atoms with Crippen molar-refractivity contribution in [3.05, 3.63) is 58.1 Å². The predicted octanol–water partition coefficient (Wildman–Crippen LogP) is 7.47. The van der Waals surface area contributed by atoms with Gasteiger partial charge >= 0.3 is 0 Å². The number of aryl methyl sites for hydroxylation is 1. The zero-order valence-electron chi connectivity index (χ0n) is 30.3. The van der Waals surface area contributed by atoms with E-state index in [2.05, 4.69) is 34.6 Å². The van der Waals surface area contributed by atoms with Crippen LogP contribution in [0.5, 0.6) is 5.75 Å². The van der Waals surface area contributed by atoms with Crippen LogP contribution in [0.3, 0.4) is 0 Å². The van der Waals surface area contributed by atoms with Crippen molar-refractivity contribution in [1.82, 2.24) is 9.62 Å². The second-order valence-corrected chi connectivity index (χ2v) is 18.6. The highest BCUT2D eigenvalue weighted by Crippen LogP contribution is 2.63. The summed E-state index contributed by atoms with van der Waals surface area (Å²) in [5.41, 5.74) is 3.48. The first-order valence-electron chi connectivity index (χ1n) is 19.2. The van der Waals surface area contributed by atoms with Crippen LogP contribution in [0.1, 0.15) is 100 Å². The molecule has 0 aromatic heterocycles. The van der Waals surface area contributed by atoms with Gasteiger partial charge in [0.2, 0.25) is 10.0 Å². The van der Waals surface area contributed by atoms with E-state index in [9.17, 15) is 13.2 Å². The predicted molar refractivity (Wildman–Crippen MR) is 199 cm³/mol. The number of amides is 1. The molecule has 1 saturated heterocycles. The van der Waals surface area contributed by atoms with Crippen molar-refractivity contribution < 1.29 is 22.7 Å². The molecule has 2 saturated carbocycles. The molecule has 2 bridgehead atoms. The van der Waals surface area contributed by atoms with Crippen LogP contribution in [0, 0.1) is 29.6 Å². The Morgan fingerprint density at radius 1 is 1.04 bits per heavy atom. The van der Waals surface area contributed by atoms with Gasteiger partial charge in [-0.25, -0.2) is 13.1 Å². The molecule has 50 heavy (non-hydrogen) atoms. The van der Waals surface area contributed by atoms with Crippen molar-refractivity contribution in [2.24, 2.45) is 29.6 Å². The number of nitrogens with one attached hydrogen (secondary N) is 1. The Morgan fingerprint density at radius 3 is 2.64 bits per heavy atom. The number of carbonyl (C=O) groups excluding carboxylic acids is 1. The number of rotatable bonds is 3. The summed E-state index contributed by atoms with van der Waals surface area (Å²) in [6, 6.07) is 11.9. The lowest BCUT2D eigenvalue weighted by atomic mass is 9.62. The number of halogens is 1. The van der Waals surface area contributed by atoms with E-state index in [0.29, 0.717) is 47.6 Å². The third-order valence-corrected chi connectivity index (χ3v) is 15.5. The van der Waals surface area contributed by atoms with Gasteiger partial charge in [-0.15, -0.1) is 0 Å². The molecule has 2 aromatic rings. The number of likely N-dealkylation sites (N-methyl/N-ethyl adjacent to an activating group) is 1. The van der Waals surface area contributed by atoms with E-state index in [-0.39, 0.29) is 11.5 Å². The number of benzene rings is 2. The molecule has 2 aliphatic carbocycles. The Hall–Kier alpha value is -2.33. The maximum absolute atomic E-state index is 13.6. The van der Waals surface area contributed by atoms with Gasteiger partial charge in [0.1, 0.15) is 12.4 Å². The van der Waals surface area contributed by atoms with Crippen LogP contribution in [0.15, 0.2) is 36.4 Å². The van der Waals surface area contributed by atoms with E-state index in [0.717, 1.165) is 87.5 Å². The minimum absolute atomic E-state index is 0.0421. The molecular formula is C40H56ClN3O5S. The number of ether oxygens (including phenoxy) is 2. The first-order chi connectivity index (χ1) is 24.0. The molecule has 8 atom stereocenters. The van der Waals surface area contributed by atoms with Gasteiger partial charge in [-0.2, -0.15) is 0 Å². The third kappa shape index (κ3) is 7.18. The van der Waals surface area contributed by atoms with E-state index in [1.807, 2.05) is 31.2 Å². The average Bonchev–Trinajstić information content (AvgIpc) is 3.83. The average molecular weight is 726 g/mol. The standard InChI is InChI=1S/C40H56ClN3O5S/c1-5-43(4)34-21-32-22-40(32,49-25-34)36-11-8-9-26(2)27(3)50(46,47)42-39(45)29-14-17-38-37(20-29)44(23-30-13-16-35(30)36)18-7-6-10-28-19-33(41)15-12-31(28)24-48-38/h12,14-15,17,19-20,26-27,30,32,34-36H,5-11,13,16,18,21-25H2,1-4H3,(H,42,45)/t26?,27-,30+,32?,34+,35-,36-,40?/m1/s1. The quantitative estimate of drug-likeness (QED) is 0.351.